The van der Waals surface area contributed by atoms with Gasteiger partial charge in [-0.15, -0.1) is 0 Å². The molecule has 0 saturated carbocycles. The maximum Gasteiger partial charge on any atom is 0.317 e. The molecule has 2 aromatic rings. The number of amides is 2. The van der Waals surface area contributed by atoms with Crippen LogP contribution in [0.25, 0.3) is 11.0 Å². The first-order valence-electron chi connectivity index (χ1n) is 9.47. The summed E-state index contributed by atoms with van der Waals surface area (Å²) in [6.07, 6.45) is 3.55. The number of carbonyl (C=O) groups is 1. The lowest BCUT2D eigenvalue weighted by atomic mass is 9.93. The van der Waals surface area contributed by atoms with Gasteiger partial charge in [-0.1, -0.05) is 6.07 Å². The van der Waals surface area contributed by atoms with Crippen LogP contribution in [0.4, 0.5) is 4.79 Å². The van der Waals surface area contributed by atoms with Crippen LogP contribution in [0.3, 0.4) is 0 Å². The van der Waals surface area contributed by atoms with Gasteiger partial charge in [0, 0.05) is 26.2 Å². The van der Waals surface area contributed by atoms with Crippen molar-refractivity contribution in [2.24, 2.45) is 5.92 Å². The van der Waals surface area contributed by atoms with Crippen LogP contribution in [-0.4, -0.2) is 57.3 Å². The number of nitrogens with one attached hydrogen (secondary N) is 1. The second-order valence-electron chi connectivity index (χ2n) is 7.54. The van der Waals surface area contributed by atoms with E-state index in [0.717, 1.165) is 35.5 Å². The minimum Gasteiger partial charge on any atom is -0.338 e. The third kappa shape index (κ3) is 4.92. The summed E-state index contributed by atoms with van der Waals surface area (Å²) >= 11 is 1.22. The smallest absolute Gasteiger partial charge is 0.317 e. The highest BCUT2D eigenvalue weighted by molar-refractivity contribution is 7.00. The molecule has 2 heterocycles. The van der Waals surface area contributed by atoms with Gasteiger partial charge in [-0.05, 0) is 69.8 Å². The number of likely N-dealkylation sites (tertiary alicyclic amines) is 1. The third-order valence-electron chi connectivity index (χ3n) is 5.29. The molecule has 2 amide bonds. The van der Waals surface area contributed by atoms with E-state index in [0.29, 0.717) is 12.6 Å². The number of hydrogen-bond acceptors (Lipinski definition) is 5. The number of nitrogens with zero attached hydrogens (tertiary/aromatic N) is 4. The third-order valence-corrected chi connectivity index (χ3v) is 5.85. The Labute approximate surface area is 159 Å². The average molecular weight is 376 g/mol. The lowest BCUT2D eigenvalue weighted by Crippen LogP contribution is -2.40. The molecule has 1 aromatic carbocycles. The fraction of sp³-hybridized carbons (Fsp3) is 0.632. The SMILES string of the molecule is CC(C)N1CCC(CCNC(=O)N(C)Cc2ccc3nsnc3c2)CC1. The van der Waals surface area contributed by atoms with Gasteiger partial charge in [0.15, 0.2) is 0 Å². The highest BCUT2D eigenvalue weighted by Crippen LogP contribution is 2.21. The summed E-state index contributed by atoms with van der Waals surface area (Å²) in [5.41, 5.74) is 2.88. The molecule has 1 N–H and O–H groups in total. The summed E-state index contributed by atoms with van der Waals surface area (Å²) < 4.78 is 8.46. The molecule has 0 radical (unpaired) electrons. The number of benzene rings is 1. The Morgan fingerprint density at radius 1 is 1.31 bits per heavy atom. The number of hydrogen-bond donors (Lipinski definition) is 1. The highest BCUT2D eigenvalue weighted by Gasteiger charge is 2.20. The molecule has 142 valence electrons. The van der Waals surface area contributed by atoms with Crippen LogP contribution in [0.2, 0.25) is 0 Å². The van der Waals surface area contributed by atoms with Crippen LogP contribution >= 0.6 is 11.7 Å². The lowest BCUT2D eigenvalue weighted by Gasteiger charge is -2.34. The number of fused-ring (bicyclic) bond motifs is 1. The monoisotopic (exact) mass is 375 g/mol. The second-order valence-corrected chi connectivity index (χ2v) is 8.07. The maximum absolute atomic E-state index is 12.3. The van der Waals surface area contributed by atoms with E-state index in [9.17, 15) is 4.79 Å². The summed E-state index contributed by atoms with van der Waals surface area (Å²) in [6.45, 7) is 8.23. The molecule has 0 aliphatic carbocycles. The predicted octanol–water partition coefficient (Wildman–Crippen LogP) is 3.34. The van der Waals surface area contributed by atoms with E-state index < -0.39 is 0 Å². The molecule has 6 nitrogen and oxygen atoms in total. The van der Waals surface area contributed by atoms with Gasteiger partial charge >= 0.3 is 6.03 Å². The fourth-order valence-corrected chi connectivity index (χ4v) is 4.07. The predicted molar refractivity (Wildman–Crippen MR) is 106 cm³/mol. The van der Waals surface area contributed by atoms with E-state index in [1.807, 2.05) is 25.2 Å². The van der Waals surface area contributed by atoms with Gasteiger partial charge in [-0.2, -0.15) is 8.75 Å². The van der Waals surface area contributed by atoms with Crippen LogP contribution in [-0.2, 0) is 6.54 Å². The number of piperidine rings is 1. The Morgan fingerprint density at radius 2 is 2.04 bits per heavy atom. The van der Waals surface area contributed by atoms with Crippen LogP contribution in [0, 0.1) is 5.92 Å². The fourth-order valence-electron chi connectivity index (χ4n) is 3.55. The zero-order valence-electron chi connectivity index (χ0n) is 15.9. The van der Waals surface area contributed by atoms with Gasteiger partial charge in [0.05, 0.1) is 11.7 Å². The normalized spacial score (nSPS) is 16.3. The van der Waals surface area contributed by atoms with E-state index in [4.69, 9.17) is 0 Å². The molecular formula is C19H29N5OS. The van der Waals surface area contributed by atoms with Crippen molar-refractivity contribution in [2.75, 3.05) is 26.7 Å². The maximum atomic E-state index is 12.3. The van der Waals surface area contributed by atoms with Gasteiger partial charge in [-0.3, -0.25) is 0 Å². The molecule has 1 aliphatic rings. The standard InChI is InChI=1S/C19H29N5OS/c1-14(2)24-10-7-15(8-11-24)6-9-20-19(25)23(3)13-16-4-5-17-18(12-16)22-26-21-17/h4-5,12,14-15H,6-11,13H2,1-3H3,(H,20,25). The molecule has 1 aromatic heterocycles. The van der Waals surface area contributed by atoms with E-state index in [1.54, 1.807) is 4.90 Å². The first-order valence-corrected chi connectivity index (χ1v) is 10.2. The highest BCUT2D eigenvalue weighted by atomic mass is 32.1. The molecule has 1 saturated heterocycles. The van der Waals surface area contributed by atoms with Gasteiger partial charge < -0.3 is 15.1 Å². The van der Waals surface area contributed by atoms with Crippen LogP contribution in [0.15, 0.2) is 18.2 Å². The largest absolute Gasteiger partial charge is 0.338 e. The van der Waals surface area contributed by atoms with Crippen molar-refractivity contribution in [3.05, 3.63) is 23.8 Å². The Kier molecular flexibility index (Phi) is 6.43. The first-order chi connectivity index (χ1) is 12.5. The molecule has 1 fully saturated rings. The Morgan fingerprint density at radius 3 is 2.77 bits per heavy atom. The summed E-state index contributed by atoms with van der Waals surface area (Å²) in [6, 6.07) is 6.61. The zero-order valence-corrected chi connectivity index (χ0v) is 16.8. The topological polar surface area (TPSA) is 61.4 Å². The number of rotatable bonds is 6. The first kappa shape index (κ1) is 19.0. The van der Waals surface area contributed by atoms with Crippen molar-refractivity contribution >= 4 is 28.8 Å². The molecule has 0 spiro atoms. The van der Waals surface area contributed by atoms with Gasteiger partial charge in [0.2, 0.25) is 0 Å². The lowest BCUT2D eigenvalue weighted by molar-refractivity contribution is 0.145. The molecule has 3 rings (SSSR count). The Hall–Kier alpha value is -1.73. The molecule has 1 aliphatic heterocycles. The summed E-state index contributed by atoms with van der Waals surface area (Å²) in [7, 11) is 1.83. The molecule has 0 unspecified atom stereocenters. The average Bonchev–Trinajstić information content (AvgIpc) is 3.09. The van der Waals surface area contributed by atoms with E-state index >= 15 is 0 Å². The molecule has 0 atom stereocenters. The number of aromatic nitrogens is 2. The zero-order chi connectivity index (χ0) is 18.5. The van der Waals surface area contributed by atoms with Crippen molar-refractivity contribution < 1.29 is 4.79 Å². The number of carbonyl (C=O) groups excluding carboxylic acids is 1. The van der Waals surface area contributed by atoms with E-state index in [1.165, 1.54) is 37.7 Å². The minimum absolute atomic E-state index is 0.0129. The van der Waals surface area contributed by atoms with Crippen molar-refractivity contribution in [3.63, 3.8) is 0 Å². The summed E-state index contributed by atoms with van der Waals surface area (Å²) in [5, 5.41) is 3.06. The molecule has 0 bridgehead atoms. The van der Waals surface area contributed by atoms with Crippen molar-refractivity contribution in [2.45, 2.75) is 45.7 Å². The summed E-state index contributed by atoms with van der Waals surface area (Å²) in [4.78, 5) is 16.6. The quantitative estimate of drug-likeness (QED) is 0.841. The van der Waals surface area contributed by atoms with Crippen molar-refractivity contribution in [1.29, 1.82) is 0 Å². The van der Waals surface area contributed by atoms with Crippen LogP contribution < -0.4 is 5.32 Å². The van der Waals surface area contributed by atoms with Gasteiger partial charge in [0.25, 0.3) is 0 Å². The minimum atomic E-state index is -0.0129. The summed E-state index contributed by atoms with van der Waals surface area (Å²) in [5.74, 6) is 0.732. The van der Waals surface area contributed by atoms with Crippen LogP contribution in [0.1, 0.15) is 38.7 Å². The molecular weight excluding hydrogens is 346 g/mol. The van der Waals surface area contributed by atoms with Gasteiger partial charge in [-0.25, -0.2) is 4.79 Å². The van der Waals surface area contributed by atoms with E-state index in [2.05, 4.69) is 32.8 Å². The Bertz CT molecular complexity index is 724. The molecule has 26 heavy (non-hydrogen) atoms. The number of urea groups is 1. The van der Waals surface area contributed by atoms with Crippen molar-refractivity contribution in [1.82, 2.24) is 23.9 Å². The molecule has 7 heteroatoms. The van der Waals surface area contributed by atoms with Crippen LogP contribution in [0.5, 0.6) is 0 Å². The van der Waals surface area contributed by atoms with E-state index in [-0.39, 0.29) is 6.03 Å². The Balaban J connectivity index is 1.39. The van der Waals surface area contributed by atoms with Gasteiger partial charge in [0.1, 0.15) is 11.0 Å². The second kappa shape index (κ2) is 8.77. The van der Waals surface area contributed by atoms with Crippen molar-refractivity contribution in [3.8, 4) is 0 Å².